The zero-order valence-electron chi connectivity index (χ0n) is 11.8. The smallest absolute Gasteiger partial charge is 0.0657 e. The van der Waals surface area contributed by atoms with Crippen LogP contribution in [0.15, 0.2) is 30.3 Å². The molecule has 2 atom stereocenters. The fraction of sp³-hybridized carbons (Fsp3) is 0.625. The number of benzene rings is 1. The van der Waals surface area contributed by atoms with Crippen molar-refractivity contribution in [1.29, 1.82) is 0 Å². The van der Waals surface area contributed by atoms with Crippen molar-refractivity contribution in [1.82, 2.24) is 10.4 Å². The Morgan fingerprint density at radius 3 is 3.00 bits per heavy atom. The molecule has 2 unspecified atom stereocenters. The molecule has 2 bridgehead atoms. The second-order valence-corrected chi connectivity index (χ2v) is 5.98. The second-order valence-electron chi connectivity index (χ2n) is 5.98. The van der Waals surface area contributed by atoms with Crippen LogP contribution in [0.25, 0.3) is 0 Å². The zero-order chi connectivity index (χ0) is 13.1. The third kappa shape index (κ3) is 2.83. The van der Waals surface area contributed by atoms with E-state index < -0.39 is 0 Å². The Balaban J connectivity index is 1.77. The van der Waals surface area contributed by atoms with E-state index in [0.717, 1.165) is 32.7 Å². The van der Waals surface area contributed by atoms with Crippen LogP contribution in [0.1, 0.15) is 25.3 Å². The van der Waals surface area contributed by atoms with Crippen LogP contribution in [0.2, 0.25) is 0 Å². The molecule has 3 nitrogen and oxygen atoms in total. The summed E-state index contributed by atoms with van der Waals surface area (Å²) in [5, 5.41) is 5.88. The molecule has 3 fully saturated rings. The van der Waals surface area contributed by atoms with E-state index in [1.54, 1.807) is 0 Å². The standard InChI is InChI=1S/C16H24N2O/c1-2-19-18-13-16(9-8-15(18)11-17-12-16)10-14-6-4-3-5-7-14/h3-7,15,17H,2,8-13H2,1H3. The quantitative estimate of drug-likeness (QED) is 0.898. The van der Waals surface area contributed by atoms with Crippen molar-refractivity contribution in [2.24, 2.45) is 5.41 Å². The van der Waals surface area contributed by atoms with Crippen LogP contribution >= 0.6 is 0 Å². The SMILES string of the molecule is CCON1CC2(Cc3ccccc3)CCC1CNC2. The first-order valence-corrected chi connectivity index (χ1v) is 7.45. The molecule has 1 aromatic rings. The maximum atomic E-state index is 5.85. The lowest BCUT2D eigenvalue weighted by Crippen LogP contribution is -2.49. The number of fused-ring (bicyclic) bond motifs is 4. The van der Waals surface area contributed by atoms with Gasteiger partial charge in [0.15, 0.2) is 0 Å². The molecule has 3 heterocycles. The Morgan fingerprint density at radius 2 is 2.21 bits per heavy atom. The van der Waals surface area contributed by atoms with Crippen LogP contribution in [-0.4, -0.2) is 37.3 Å². The molecule has 104 valence electrons. The van der Waals surface area contributed by atoms with Gasteiger partial charge in [0.05, 0.1) is 6.61 Å². The van der Waals surface area contributed by atoms with Gasteiger partial charge in [-0.05, 0) is 31.7 Å². The molecular weight excluding hydrogens is 236 g/mol. The molecular formula is C16H24N2O. The molecule has 0 aliphatic carbocycles. The number of hydrogen-bond acceptors (Lipinski definition) is 3. The molecule has 3 aliphatic heterocycles. The maximum absolute atomic E-state index is 5.85. The van der Waals surface area contributed by atoms with Crippen molar-refractivity contribution < 1.29 is 4.84 Å². The highest BCUT2D eigenvalue weighted by atomic mass is 16.7. The van der Waals surface area contributed by atoms with Crippen LogP contribution in [0.3, 0.4) is 0 Å². The van der Waals surface area contributed by atoms with E-state index in [1.807, 2.05) is 0 Å². The van der Waals surface area contributed by atoms with E-state index in [2.05, 4.69) is 47.6 Å². The fourth-order valence-electron chi connectivity index (χ4n) is 3.56. The molecule has 0 saturated carbocycles. The van der Waals surface area contributed by atoms with Gasteiger partial charge in [-0.2, -0.15) is 5.06 Å². The molecule has 3 saturated heterocycles. The summed E-state index contributed by atoms with van der Waals surface area (Å²) in [6.07, 6.45) is 3.71. The van der Waals surface area contributed by atoms with E-state index in [4.69, 9.17) is 4.84 Å². The van der Waals surface area contributed by atoms with E-state index in [9.17, 15) is 0 Å². The molecule has 0 aromatic heterocycles. The van der Waals surface area contributed by atoms with Crippen LogP contribution < -0.4 is 5.32 Å². The average Bonchev–Trinajstić information content (AvgIpc) is 2.72. The number of rotatable bonds is 4. The predicted octanol–water partition coefficient (Wildman–Crippen LogP) is 2.23. The molecule has 4 rings (SSSR count). The number of piperidine rings is 1. The van der Waals surface area contributed by atoms with Gasteiger partial charge in [0, 0.05) is 31.1 Å². The summed E-state index contributed by atoms with van der Waals surface area (Å²) in [5.41, 5.74) is 1.78. The van der Waals surface area contributed by atoms with Gasteiger partial charge in [-0.3, -0.25) is 4.84 Å². The summed E-state index contributed by atoms with van der Waals surface area (Å²) in [4.78, 5) is 5.85. The van der Waals surface area contributed by atoms with Gasteiger partial charge in [-0.25, -0.2) is 0 Å². The Bertz CT molecular complexity index is 404. The van der Waals surface area contributed by atoms with Gasteiger partial charge in [0.1, 0.15) is 0 Å². The van der Waals surface area contributed by atoms with Crippen molar-refractivity contribution in [2.75, 3.05) is 26.2 Å². The highest BCUT2D eigenvalue weighted by Gasteiger charge is 2.42. The summed E-state index contributed by atoms with van der Waals surface area (Å²) in [6, 6.07) is 11.4. The lowest BCUT2D eigenvalue weighted by molar-refractivity contribution is -0.209. The summed E-state index contributed by atoms with van der Waals surface area (Å²) in [6.45, 7) is 6.10. The largest absolute Gasteiger partial charge is 0.314 e. The van der Waals surface area contributed by atoms with Crippen molar-refractivity contribution >= 4 is 0 Å². The fourth-order valence-corrected chi connectivity index (χ4v) is 3.56. The number of nitrogens with one attached hydrogen (secondary N) is 1. The topological polar surface area (TPSA) is 24.5 Å². The minimum Gasteiger partial charge on any atom is -0.314 e. The van der Waals surface area contributed by atoms with Gasteiger partial charge < -0.3 is 5.32 Å². The van der Waals surface area contributed by atoms with Gasteiger partial charge in [0.25, 0.3) is 0 Å². The molecule has 1 N–H and O–H groups in total. The van der Waals surface area contributed by atoms with E-state index >= 15 is 0 Å². The number of nitrogens with zero attached hydrogens (tertiary/aromatic N) is 1. The summed E-state index contributed by atoms with van der Waals surface area (Å²) >= 11 is 0. The van der Waals surface area contributed by atoms with Crippen molar-refractivity contribution in [3.05, 3.63) is 35.9 Å². The first-order valence-electron chi connectivity index (χ1n) is 7.45. The minimum absolute atomic E-state index is 0.337. The Morgan fingerprint density at radius 1 is 1.37 bits per heavy atom. The molecule has 0 radical (unpaired) electrons. The Hall–Kier alpha value is -0.900. The minimum atomic E-state index is 0.337. The van der Waals surface area contributed by atoms with Crippen LogP contribution in [0.5, 0.6) is 0 Å². The number of hydrogen-bond donors (Lipinski definition) is 1. The second kappa shape index (κ2) is 5.61. The molecule has 3 heteroatoms. The average molecular weight is 260 g/mol. The molecule has 0 amide bonds. The van der Waals surface area contributed by atoms with Gasteiger partial charge >= 0.3 is 0 Å². The Labute approximate surface area is 115 Å². The first-order chi connectivity index (χ1) is 9.31. The van der Waals surface area contributed by atoms with Crippen molar-refractivity contribution in [3.63, 3.8) is 0 Å². The van der Waals surface area contributed by atoms with Gasteiger partial charge in [-0.15, -0.1) is 0 Å². The third-order valence-electron chi connectivity index (χ3n) is 4.50. The van der Waals surface area contributed by atoms with Crippen molar-refractivity contribution in [2.45, 2.75) is 32.2 Å². The van der Waals surface area contributed by atoms with E-state index in [0.29, 0.717) is 11.5 Å². The highest BCUT2D eigenvalue weighted by molar-refractivity contribution is 5.17. The lowest BCUT2D eigenvalue weighted by Gasteiger charge is -2.42. The monoisotopic (exact) mass is 260 g/mol. The molecule has 3 aliphatic rings. The summed E-state index contributed by atoms with van der Waals surface area (Å²) in [5.74, 6) is 0. The summed E-state index contributed by atoms with van der Waals surface area (Å²) < 4.78 is 0. The van der Waals surface area contributed by atoms with Crippen LogP contribution in [0.4, 0.5) is 0 Å². The lowest BCUT2D eigenvalue weighted by atomic mass is 9.75. The highest BCUT2D eigenvalue weighted by Crippen LogP contribution is 2.37. The molecule has 0 spiro atoms. The van der Waals surface area contributed by atoms with Crippen LogP contribution in [-0.2, 0) is 11.3 Å². The van der Waals surface area contributed by atoms with Gasteiger partial charge in [-0.1, -0.05) is 30.3 Å². The maximum Gasteiger partial charge on any atom is 0.0657 e. The van der Waals surface area contributed by atoms with Crippen LogP contribution in [0, 0.1) is 5.41 Å². The molecule has 1 aromatic carbocycles. The van der Waals surface area contributed by atoms with E-state index in [-0.39, 0.29) is 0 Å². The van der Waals surface area contributed by atoms with Crippen molar-refractivity contribution in [3.8, 4) is 0 Å². The summed E-state index contributed by atoms with van der Waals surface area (Å²) in [7, 11) is 0. The first kappa shape index (κ1) is 13.1. The Kier molecular flexibility index (Phi) is 3.87. The van der Waals surface area contributed by atoms with Gasteiger partial charge in [0.2, 0.25) is 0 Å². The number of hydroxylamine groups is 2. The molecule has 19 heavy (non-hydrogen) atoms. The van der Waals surface area contributed by atoms with E-state index in [1.165, 1.54) is 18.4 Å². The predicted molar refractivity (Wildman–Crippen MR) is 76.8 cm³/mol. The zero-order valence-corrected chi connectivity index (χ0v) is 11.8. The third-order valence-corrected chi connectivity index (χ3v) is 4.50. The normalized spacial score (nSPS) is 31.3.